The van der Waals surface area contributed by atoms with E-state index in [1.807, 2.05) is 54.6 Å². The van der Waals surface area contributed by atoms with Crippen molar-refractivity contribution in [2.45, 2.75) is 19.9 Å². The van der Waals surface area contributed by atoms with E-state index in [1.54, 1.807) is 4.90 Å². The quantitative estimate of drug-likeness (QED) is 0.911. The molecule has 0 aromatic heterocycles. The molecule has 2 amide bonds. The van der Waals surface area contributed by atoms with Crippen LogP contribution in [-0.2, 0) is 27.4 Å². The molecule has 0 bridgehead atoms. The second-order valence-corrected chi connectivity index (χ2v) is 5.80. The first-order valence-corrected chi connectivity index (χ1v) is 8.01. The van der Waals surface area contributed by atoms with Gasteiger partial charge in [-0.25, -0.2) is 0 Å². The van der Waals surface area contributed by atoms with Crippen molar-refractivity contribution in [1.82, 2.24) is 4.90 Å². The number of anilines is 1. The highest BCUT2D eigenvalue weighted by Crippen LogP contribution is 2.15. The molecule has 6 heteroatoms. The zero-order chi connectivity index (χ0) is 17.6. The molecule has 1 N–H and O–H groups in total. The van der Waals surface area contributed by atoms with E-state index in [4.69, 9.17) is 4.84 Å². The summed E-state index contributed by atoms with van der Waals surface area (Å²) >= 11 is 0. The van der Waals surface area contributed by atoms with Crippen molar-refractivity contribution in [3.63, 3.8) is 0 Å². The van der Waals surface area contributed by atoms with E-state index >= 15 is 0 Å². The zero-order valence-corrected chi connectivity index (χ0v) is 13.9. The smallest absolute Gasteiger partial charge is 0.269 e. The highest BCUT2D eigenvalue weighted by molar-refractivity contribution is 6.00. The lowest BCUT2D eigenvalue weighted by molar-refractivity contribution is -0.135. The molecule has 6 nitrogen and oxygen atoms in total. The Morgan fingerprint density at radius 1 is 1.12 bits per heavy atom. The van der Waals surface area contributed by atoms with Crippen LogP contribution in [0.4, 0.5) is 5.69 Å². The third-order valence-corrected chi connectivity index (χ3v) is 3.79. The van der Waals surface area contributed by atoms with Crippen LogP contribution in [0.2, 0.25) is 0 Å². The lowest BCUT2D eigenvalue weighted by Gasteiger charge is -2.27. The van der Waals surface area contributed by atoms with Crippen molar-refractivity contribution in [1.29, 1.82) is 0 Å². The van der Waals surface area contributed by atoms with Crippen LogP contribution in [0.25, 0.3) is 0 Å². The number of nitrogens with one attached hydrogen (secondary N) is 1. The fraction of sp³-hybridized carbons (Fsp3) is 0.211. The largest absolute Gasteiger partial charge is 0.384 e. The zero-order valence-electron chi connectivity index (χ0n) is 13.9. The Bertz CT molecular complexity index is 785. The maximum Gasteiger partial charge on any atom is 0.269 e. The molecule has 2 aromatic rings. The molecule has 0 aliphatic carbocycles. The highest BCUT2D eigenvalue weighted by atomic mass is 16.6. The van der Waals surface area contributed by atoms with Gasteiger partial charge in [-0.2, -0.15) is 0 Å². The van der Waals surface area contributed by atoms with Crippen molar-refractivity contribution in [2.75, 3.05) is 11.9 Å². The molecule has 1 heterocycles. The lowest BCUT2D eigenvalue weighted by atomic mass is 10.1. The molecule has 0 saturated carbocycles. The summed E-state index contributed by atoms with van der Waals surface area (Å²) in [5.41, 5.74) is 2.73. The fourth-order valence-corrected chi connectivity index (χ4v) is 2.60. The van der Waals surface area contributed by atoms with Gasteiger partial charge in [0.05, 0.1) is 6.54 Å². The lowest BCUT2D eigenvalue weighted by Crippen LogP contribution is -2.42. The third kappa shape index (κ3) is 4.44. The number of benzene rings is 2. The van der Waals surface area contributed by atoms with Crippen LogP contribution in [0.3, 0.4) is 0 Å². The van der Waals surface area contributed by atoms with E-state index in [0.29, 0.717) is 18.8 Å². The van der Waals surface area contributed by atoms with Gasteiger partial charge in [0.25, 0.3) is 5.91 Å². The summed E-state index contributed by atoms with van der Waals surface area (Å²) in [5.74, 6) is 0.355. The number of carbonyl (C=O) groups is 2. The number of amidine groups is 1. The van der Waals surface area contributed by atoms with E-state index in [-0.39, 0.29) is 18.4 Å². The molecule has 0 spiro atoms. The second-order valence-electron chi connectivity index (χ2n) is 5.80. The molecule has 25 heavy (non-hydrogen) atoms. The topological polar surface area (TPSA) is 71.0 Å². The average molecular weight is 337 g/mol. The van der Waals surface area contributed by atoms with Crippen molar-refractivity contribution in [3.05, 3.63) is 65.7 Å². The Labute approximate surface area is 146 Å². The van der Waals surface area contributed by atoms with Gasteiger partial charge in [0.2, 0.25) is 5.91 Å². The molecular formula is C19H19N3O3. The predicted molar refractivity (Wildman–Crippen MR) is 94.8 cm³/mol. The highest BCUT2D eigenvalue weighted by Gasteiger charge is 2.25. The van der Waals surface area contributed by atoms with Gasteiger partial charge < -0.3 is 10.2 Å². The van der Waals surface area contributed by atoms with Crippen LogP contribution < -0.4 is 5.32 Å². The van der Waals surface area contributed by atoms with Crippen LogP contribution in [-0.4, -0.2) is 29.2 Å². The third-order valence-electron chi connectivity index (χ3n) is 3.79. The maximum atomic E-state index is 12.3. The SMILES string of the molecule is CC(=O)Nc1ccc(CN2C(=O)CON=C2Cc2ccccc2)cc1. The normalized spacial score (nSPS) is 13.9. The van der Waals surface area contributed by atoms with Gasteiger partial charge in [-0.15, -0.1) is 0 Å². The maximum absolute atomic E-state index is 12.3. The first-order chi connectivity index (χ1) is 12.1. The predicted octanol–water partition coefficient (Wildman–Crippen LogP) is 2.56. The Morgan fingerprint density at radius 2 is 1.84 bits per heavy atom. The number of rotatable bonds is 5. The molecule has 0 saturated heterocycles. The van der Waals surface area contributed by atoms with Gasteiger partial charge in [0.15, 0.2) is 12.4 Å². The summed E-state index contributed by atoms with van der Waals surface area (Å²) in [6, 6.07) is 17.2. The Kier molecular flexibility index (Phi) is 5.09. The van der Waals surface area contributed by atoms with Crippen molar-refractivity contribution in [2.24, 2.45) is 5.16 Å². The Morgan fingerprint density at radius 3 is 2.52 bits per heavy atom. The van der Waals surface area contributed by atoms with Crippen LogP contribution in [0.1, 0.15) is 18.1 Å². The number of carbonyl (C=O) groups excluding carboxylic acids is 2. The van der Waals surface area contributed by atoms with E-state index < -0.39 is 0 Å². The van der Waals surface area contributed by atoms with Gasteiger partial charge in [-0.3, -0.25) is 14.5 Å². The Hall–Kier alpha value is -3.15. The van der Waals surface area contributed by atoms with Gasteiger partial charge in [0.1, 0.15) is 0 Å². The summed E-state index contributed by atoms with van der Waals surface area (Å²) in [7, 11) is 0. The number of hydrogen-bond acceptors (Lipinski definition) is 4. The number of oxime groups is 1. The monoisotopic (exact) mass is 337 g/mol. The number of amides is 2. The summed E-state index contributed by atoms with van der Waals surface area (Å²) < 4.78 is 0. The minimum atomic E-state index is -0.119. The van der Waals surface area contributed by atoms with Crippen molar-refractivity contribution >= 4 is 23.3 Å². The fourth-order valence-electron chi connectivity index (χ4n) is 2.60. The van der Waals surface area contributed by atoms with Crippen molar-refractivity contribution < 1.29 is 14.4 Å². The first-order valence-electron chi connectivity index (χ1n) is 8.01. The minimum absolute atomic E-state index is 0.0533. The number of hydrogen-bond donors (Lipinski definition) is 1. The summed E-state index contributed by atoms with van der Waals surface area (Å²) in [5, 5.41) is 6.80. The molecule has 0 atom stereocenters. The molecule has 128 valence electrons. The molecule has 0 radical (unpaired) electrons. The average Bonchev–Trinajstić information content (AvgIpc) is 2.60. The summed E-state index contributed by atoms with van der Waals surface area (Å²) in [4.78, 5) is 30.0. The van der Waals surface area contributed by atoms with Gasteiger partial charge >= 0.3 is 0 Å². The van der Waals surface area contributed by atoms with Gasteiger partial charge in [0, 0.05) is 19.0 Å². The number of nitrogens with zero attached hydrogens (tertiary/aromatic N) is 2. The molecule has 3 rings (SSSR count). The molecular weight excluding hydrogens is 318 g/mol. The Balaban J connectivity index is 1.74. The molecule has 1 aliphatic heterocycles. The van der Waals surface area contributed by atoms with Gasteiger partial charge in [-0.05, 0) is 23.3 Å². The van der Waals surface area contributed by atoms with E-state index in [2.05, 4.69) is 10.5 Å². The van der Waals surface area contributed by atoms with Crippen molar-refractivity contribution in [3.8, 4) is 0 Å². The second kappa shape index (κ2) is 7.61. The van der Waals surface area contributed by atoms with E-state index in [0.717, 1.165) is 16.8 Å². The van der Waals surface area contributed by atoms with Crippen LogP contribution in [0, 0.1) is 0 Å². The minimum Gasteiger partial charge on any atom is -0.384 e. The van der Waals surface area contributed by atoms with Gasteiger partial charge in [-0.1, -0.05) is 47.6 Å². The molecule has 1 aliphatic rings. The summed E-state index contributed by atoms with van der Waals surface area (Å²) in [6.45, 7) is 1.82. The standard InChI is InChI=1S/C19H19N3O3/c1-14(23)20-17-9-7-16(8-10-17)12-22-18(21-25-13-19(22)24)11-15-5-3-2-4-6-15/h2-10H,11-13H2,1H3,(H,20,23). The van der Waals surface area contributed by atoms with E-state index in [1.165, 1.54) is 6.92 Å². The summed E-state index contributed by atoms with van der Waals surface area (Å²) in [6.07, 6.45) is 0.524. The molecule has 0 unspecified atom stereocenters. The molecule has 2 aromatic carbocycles. The molecule has 0 fully saturated rings. The van der Waals surface area contributed by atoms with Crippen LogP contribution >= 0.6 is 0 Å². The van der Waals surface area contributed by atoms with Crippen LogP contribution in [0.5, 0.6) is 0 Å². The van der Waals surface area contributed by atoms with E-state index in [9.17, 15) is 9.59 Å². The first kappa shape index (κ1) is 16.7. The van der Waals surface area contributed by atoms with Crippen LogP contribution in [0.15, 0.2) is 59.8 Å².